The second-order valence-electron chi connectivity index (χ2n) is 6.38. The number of halogens is 2. The van der Waals surface area contributed by atoms with Crippen LogP contribution in [0.25, 0.3) is 0 Å². The lowest BCUT2D eigenvalue weighted by molar-refractivity contribution is -0.131. The molecule has 1 aliphatic heterocycles. The maximum absolute atomic E-state index is 12.9. The quantitative estimate of drug-likeness (QED) is 0.748. The molecule has 0 unspecified atom stereocenters. The molecule has 3 rings (SSSR count). The summed E-state index contributed by atoms with van der Waals surface area (Å²) in [4.78, 5) is 25.8. The van der Waals surface area contributed by atoms with Crippen molar-refractivity contribution in [3.05, 3.63) is 64.1 Å². The predicted molar refractivity (Wildman–Crippen MR) is 111 cm³/mol. The van der Waals surface area contributed by atoms with Gasteiger partial charge in [-0.25, -0.2) is 8.42 Å². The fraction of sp³-hybridized carbons (Fsp3) is 0.263. The fourth-order valence-corrected chi connectivity index (χ4v) is 5.51. The first-order valence-electron chi connectivity index (χ1n) is 8.86. The van der Waals surface area contributed by atoms with Gasteiger partial charge in [-0.1, -0.05) is 47.5 Å². The van der Waals surface area contributed by atoms with Gasteiger partial charge in [0.15, 0.2) is 0 Å². The van der Waals surface area contributed by atoms with Crippen LogP contribution >= 0.6 is 23.2 Å². The molecule has 2 aromatic rings. The summed E-state index contributed by atoms with van der Waals surface area (Å²) in [5, 5.41) is 2.69. The van der Waals surface area contributed by atoms with Gasteiger partial charge in [0.1, 0.15) is 4.90 Å². The second kappa shape index (κ2) is 9.13. The highest BCUT2D eigenvalue weighted by Gasteiger charge is 2.32. The van der Waals surface area contributed by atoms with Crippen LogP contribution in [0.4, 0.5) is 0 Å². The number of sulfonamides is 1. The van der Waals surface area contributed by atoms with Gasteiger partial charge in [0.25, 0.3) is 5.91 Å². The monoisotopic (exact) mass is 455 g/mol. The summed E-state index contributed by atoms with van der Waals surface area (Å²) in [6.07, 6.45) is 0. The lowest BCUT2D eigenvalue weighted by Crippen LogP contribution is -2.52. The molecule has 1 N–H and O–H groups in total. The van der Waals surface area contributed by atoms with Crippen LogP contribution in [0.5, 0.6) is 0 Å². The van der Waals surface area contributed by atoms with Gasteiger partial charge in [0, 0.05) is 31.7 Å². The van der Waals surface area contributed by atoms with Crippen molar-refractivity contribution in [2.75, 3.05) is 32.7 Å². The zero-order valence-corrected chi connectivity index (χ0v) is 17.7. The Labute approximate surface area is 179 Å². The standard InChI is InChI=1S/C19H19Cl2N3O4S/c20-15-7-4-8-16(21)18(15)29(27,28)24-11-9-23(10-12-24)17(25)13-22-19(26)14-5-2-1-3-6-14/h1-8H,9-13H2,(H,22,26). The molecule has 7 nitrogen and oxygen atoms in total. The van der Waals surface area contributed by atoms with Gasteiger partial charge in [-0.15, -0.1) is 0 Å². The molecule has 0 bridgehead atoms. The normalized spacial score (nSPS) is 15.2. The summed E-state index contributed by atoms with van der Waals surface area (Å²) in [7, 11) is -3.87. The molecule has 2 aromatic carbocycles. The Morgan fingerprint density at radius 3 is 2.07 bits per heavy atom. The van der Waals surface area contributed by atoms with E-state index < -0.39 is 10.0 Å². The average Bonchev–Trinajstić information content (AvgIpc) is 2.72. The van der Waals surface area contributed by atoms with Crippen LogP contribution in [-0.2, 0) is 14.8 Å². The zero-order chi connectivity index (χ0) is 21.0. The van der Waals surface area contributed by atoms with E-state index >= 15 is 0 Å². The van der Waals surface area contributed by atoms with Gasteiger partial charge in [-0.05, 0) is 24.3 Å². The van der Waals surface area contributed by atoms with Gasteiger partial charge in [-0.3, -0.25) is 9.59 Å². The third-order valence-corrected chi connectivity index (χ3v) is 7.40. The largest absolute Gasteiger partial charge is 0.343 e. The van der Waals surface area contributed by atoms with Gasteiger partial charge in [0.2, 0.25) is 15.9 Å². The summed E-state index contributed by atoms with van der Waals surface area (Å²) in [5.41, 5.74) is 0.466. The fourth-order valence-electron chi connectivity index (χ4n) is 3.00. The minimum Gasteiger partial charge on any atom is -0.343 e. The van der Waals surface area contributed by atoms with Crippen molar-refractivity contribution in [2.45, 2.75) is 4.90 Å². The summed E-state index contributed by atoms with van der Waals surface area (Å²) >= 11 is 12.1. The van der Waals surface area contributed by atoms with E-state index in [1.807, 2.05) is 0 Å². The number of carbonyl (C=O) groups excluding carboxylic acids is 2. The van der Waals surface area contributed by atoms with Crippen molar-refractivity contribution < 1.29 is 18.0 Å². The maximum atomic E-state index is 12.9. The number of amides is 2. The highest BCUT2D eigenvalue weighted by atomic mass is 35.5. The lowest BCUT2D eigenvalue weighted by atomic mass is 10.2. The maximum Gasteiger partial charge on any atom is 0.251 e. The first-order chi connectivity index (χ1) is 13.8. The highest BCUT2D eigenvalue weighted by molar-refractivity contribution is 7.89. The van der Waals surface area contributed by atoms with Crippen LogP contribution in [0.15, 0.2) is 53.4 Å². The number of hydrogen-bond acceptors (Lipinski definition) is 4. The lowest BCUT2D eigenvalue weighted by Gasteiger charge is -2.34. The molecule has 10 heteroatoms. The smallest absolute Gasteiger partial charge is 0.251 e. The number of carbonyl (C=O) groups is 2. The van der Waals surface area contributed by atoms with E-state index in [0.717, 1.165) is 0 Å². The van der Waals surface area contributed by atoms with Gasteiger partial charge < -0.3 is 10.2 Å². The Hall–Kier alpha value is -2.13. The number of benzene rings is 2. The van der Waals surface area contributed by atoms with E-state index in [-0.39, 0.29) is 59.5 Å². The molecule has 29 heavy (non-hydrogen) atoms. The Morgan fingerprint density at radius 1 is 0.897 bits per heavy atom. The molecule has 0 aromatic heterocycles. The van der Waals surface area contributed by atoms with Crippen LogP contribution in [0.2, 0.25) is 10.0 Å². The molecule has 0 radical (unpaired) electrons. The Morgan fingerprint density at radius 2 is 1.48 bits per heavy atom. The molecule has 0 atom stereocenters. The second-order valence-corrected chi connectivity index (χ2v) is 9.07. The van der Waals surface area contributed by atoms with E-state index in [2.05, 4.69) is 5.32 Å². The minimum atomic E-state index is -3.87. The van der Waals surface area contributed by atoms with E-state index in [1.165, 1.54) is 21.3 Å². The third kappa shape index (κ3) is 4.90. The molecule has 0 spiro atoms. The molecule has 154 valence electrons. The molecule has 2 amide bonds. The van der Waals surface area contributed by atoms with Gasteiger partial charge >= 0.3 is 0 Å². The molecular weight excluding hydrogens is 437 g/mol. The van der Waals surface area contributed by atoms with Crippen molar-refractivity contribution in [1.82, 2.24) is 14.5 Å². The van der Waals surface area contributed by atoms with Crippen molar-refractivity contribution >= 4 is 45.0 Å². The van der Waals surface area contributed by atoms with E-state index in [1.54, 1.807) is 36.4 Å². The van der Waals surface area contributed by atoms with Crippen molar-refractivity contribution in [1.29, 1.82) is 0 Å². The molecule has 1 aliphatic rings. The summed E-state index contributed by atoms with van der Waals surface area (Å²) in [5.74, 6) is -0.615. The van der Waals surface area contributed by atoms with Crippen molar-refractivity contribution in [2.24, 2.45) is 0 Å². The molecule has 1 fully saturated rings. The Kier molecular flexibility index (Phi) is 6.79. The summed E-state index contributed by atoms with van der Waals surface area (Å²) in [6, 6.07) is 13.1. The van der Waals surface area contributed by atoms with Crippen LogP contribution < -0.4 is 5.32 Å². The van der Waals surface area contributed by atoms with Crippen LogP contribution in [-0.4, -0.2) is 62.2 Å². The number of nitrogens with one attached hydrogen (secondary N) is 1. The van der Waals surface area contributed by atoms with E-state index in [4.69, 9.17) is 23.2 Å². The van der Waals surface area contributed by atoms with Crippen LogP contribution in [0.1, 0.15) is 10.4 Å². The third-order valence-electron chi connectivity index (χ3n) is 4.54. The van der Waals surface area contributed by atoms with E-state index in [0.29, 0.717) is 5.56 Å². The number of piperazine rings is 1. The minimum absolute atomic E-state index is 0.0552. The number of hydrogen-bond donors (Lipinski definition) is 1. The Bertz CT molecular complexity index is 987. The van der Waals surface area contributed by atoms with Crippen molar-refractivity contribution in [3.8, 4) is 0 Å². The molecule has 1 heterocycles. The van der Waals surface area contributed by atoms with Gasteiger partial charge in [0.05, 0.1) is 16.6 Å². The first kappa shape index (κ1) is 21.6. The zero-order valence-electron chi connectivity index (χ0n) is 15.3. The molecular formula is C19H19Cl2N3O4S. The topological polar surface area (TPSA) is 86.8 Å². The molecule has 0 aliphatic carbocycles. The predicted octanol–water partition coefficient (Wildman–Crippen LogP) is 2.26. The summed E-state index contributed by atoms with van der Waals surface area (Å²) < 4.78 is 27.0. The first-order valence-corrected chi connectivity index (χ1v) is 11.1. The molecule has 0 saturated carbocycles. The number of rotatable bonds is 5. The summed E-state index contributed by atoms with van der Waals surface area (Å²) in [6.45, 7) is 0.490. The van der Waals surface area contributed by atoms with Crippen molar-refractivity contribution in [3.63, 3.8) is 0 Å². The highest BCUT2D eigenvalue weighted by Crippen LogP contribution is 2.31. The van der Waals surface area contributed by atoms with Gasteiger partial charge in [-0.2, -0.15) is 4.31 Å². The number of nitrogens with zero attached hydrogens (tertiary/aromatic N) is 2. The van der Waals surface area contributed by atoms with E-state index in [9.17, 15) is 18.0 Å². The Balaban J connectivity index is 1.57. The average molecular weight is 456 g/mol. The SMILES string of the molecule is O=C(NCC(=O)N1CCN(S(=O)(=O)c2c(Cl)cccc2Cl)CC1)c1ccccc1. The van der Waals surface area contributed by atoms with Crippen LogP contribution in [0, 0.1) is 0 Å². The molecule has 1 saturated heterocycles. The van der Waals surface area contributed by atoms with Crippen LogP contribution in [0.3, 0.4) is 0 Å².